The summed E-state index contributed by atoms with van der Waals surface area (Å²) in [7, 11) is 0. The fourth-order valence-corrected chi connectivity index (χ4v) is 11.7. The van der Waals surface area contributed by atoms with Gasteiger partial charge in [0.2, 0.25) is 23.6 Å². The summed E-state index contributed by atoms with van der Waals surface area (Å²) in [6.07, 6.45) is -18.3. The van der Waals surface area contributed by atoms with Crippen molar-refractivity contribution in [1.29, 1.82) is 0 Å². The summed E-state index contributed by atoms with van der Waals surface area (Å²) < 4.78 is 40.1. The Morgan fingerprint density at radius 1 is 0.756 bits per heavy atom. The van der Waals surface area contributed by atoms with Gasteiger partial charge in [-0.3, -0.25) is 24.0 Å². The third-order valence-corrected chi connectivity index (χ3v) is 15.5. The molecule has 5 aliphatic rings. The van der Waals surface area contributed by atoms with Crippen LogP contribution in [0.5, 0.6) is 0 Å². The first kappa shape index (κ1) is 64.7. The maximum absolute atomic E-state index is 13.1. The van der Waals surface area contributed by atoms with Crippen LogP contribution in [0.25, 0.3) is 0 Å². The molecule has 0 bridgehead atoms. The van der Waals surface area contributed by atoms with Crippen molar-refractivity contribution in [1.82, 2.24) is 31.9 Å². The lowest BCUT2D eigenvalue weighted by atomic mass is 9.88. The minimum absolute atomic E-state index is 0.00110. The highest BCUT2D eigenvalue weighted by atomic mass is 32.2. The van der Waals surface area contributed by atoms with E-state index in [0.717, 1.165) is 58.6 Å². The number of unbranched alkanes of at least 4 members (excludes halogenated alkanes) is 5. The molecule has 0 radical (unpaired) electrons. The summed E-state index contributed by atoms with van der Waals surface area (Å²) in [5.41, 5.74) is 0. The molecule has 5 aliphatic heterocycles. The molecule has 30 heteroatoms. The number of thioether (sulfide) groups is 1. The molecule has 6 amide bonds. The van der Waals surface area contributed by atoms with E-state index in [1.165, 1.54) is 0 Å². The monoisotopic (exact) mass is 1140 g/mol. The number of rotatable bonds is 31. The third kappa shape index (κ3) is 17.9. The second-order valence-corrected chi connectivity index (χ2v) is 21.4. The standard InChI is InChI=1S/C48H80N6O23S/c1-23(58)51-35-27(61)18-48(46(68)69,76-42(35)40(28(62)19-55)72-25(3)60)77-43-37(65)29(20-56)73-45(39(43)67)75-41-30(21-57)74-44(36(38(41)66)52-24(2)59)71-17-11-5-10-16-50-32(63)13-6-4-9-15-49-33(64)14-8-7-12-31-34-26(22-78-31)53-47(70)54-34/h26-31,34-45,55-57,61-62,65-67H,4-22H2,1-3H3,(H,49,64)(H,50,63)(H,51,58)(H,52,59)(H,68,69)(H2,53,54,70)/t26-,27-,28+,29+,30+,31-,34-,35+,36+,37-,38+,39+,40+,41+,42+,43-,44+,45-,48-/m0/s1. The lowest BCUT2D eigenvalue weighted by Crippen LogP contribution is -2.71. The number of nitrogens with one attached hydrogen (secondary N) is 6. The fraction of sp³-hybridized carbons (Fsp3) is 0.854. The van der Waals surface area contributed by atoms with Crippen molar-refractivity contribution in [3.8, 4) is 0 Å². The van der Waals surface area contributed by atoms with Gasteiger partial charge in [-0.25, -0.2) is 9.59 Å². The summed E-state index contributed by atoms with van der Waals surface area (Å²) in [5, 5.41) is 114. The average Bonchev–Trinajstić information content (AvgIpc) is 4.01. The lowest BCUT2D eigenvalue weighted by molar-refractivity contribution is -0.382. The van der Waals surface area contributed by atoms with Crippen LogP contribution in [0.2, 0.25) is 0 Å². The molecule has 5 heterocycles. The normalized spacial score (nSPS) is 34.3. The first-order valence-corrected chi connectivity index (χ1v) is 27.5. The molecule has 0 aromatic carbocycles. The highest BCUT2D eigenvalue weighted by molar-refractivity contribution is 8.00. The molecule has 19 atom stereocenters. The summed E-state index contributed by atoms with van der Waals surface area (Å²) >= 11 is 1.85. The van der Waals surface area contributed by atoms with Crippen LogP contribution in [0, 0.1) is 0 Å². The maximum Gasteiger partial charge on any atom is 0.364 e. The van der Waals surface area contributed by atoms with E-state index in [1.54, 1.807) is 0 Å². The highest BCUT2D eigenvalue weighted by Crippen LogP contribution is 2.39. The molecule has 0 spiro atoms. The molecular weight excluding hydrogens is 1060 g/mol. The molecule has 0 aliphatic carbocycles. The van der Waals surface area contributed by atoms with Gasteiger partial charge in [-0.05, 0) is 44.9 Å². The van der Waals surface area contributed by atoms with Gasteiger partial charge in [0.15, 0.2) is 18.7 Å². The molecule has 0 aromatic rings. The van der Waals surface area contributed by atoms with Crippen molar-refractivity contribution in [3.05, 3.63) is 0 Å². The maximum atomic E-state index is 13.1. The number of esters is 1. The zero-order valence-electron chi connectivity index (χ0n) is 44.0. The Bertz CT molecular complexity index is 1990. The number of carboxylic acids is 1. The predicted molar refractivity (Wildman–Crippen MR) is 267 cm³/mol. The van der Waals surface area contributed by atoms with Crippen LogP contribution < -0.4 is 31.9 Å². The Kier molecular flexibility index (Phi) is 25.9. The van der Waals surface area contributed by atoms with Crippen LogP contribution in [0.4, 0.5) is 4.79 Å². The van der Waals surface area contributed by atoms with E-state index >= 15 is 0 Å². The predicted octanol–water partition coefficient (Wildman–Crippen LogP) is -4.80. The van der Waals surface area contributed by atoms with Gasteiger partial charge in [-0.2, -0.15) is 11.8 Å². The second kappa shape index (κ2) is 31.2. The number of urea groups is 1. The number of hydrogen-bond donors (Lipinski definition) is 15. The minimum atomic E-state index is -3.11. The van der Waals surface area contributed by atoms with Gasteiger partial charge < -0.3 is 111 Å². The van der Waals surface area contributed by atoms with E-state index in [2.05, 4.69) is 31.9 Å². The zero-order valence-corrected chi connectivity index (χ0v) is 44.8. The van der Waals surface area contributed by atoms with Crippen molar-refractivity contribution in [3.63, 3.8) is 0 Å². The number of aliphatic hydroxyl groups is 8. The van der Waals surface area contributed by atoms with Gasteiger partial charge in [0.25, 0.3) is 5.79 Å². The first-order chi connectivity index (χ1) is 37.1. The van der Waals surface area contributed by atoms with E-state index in [4.69, 9.17) is 33.2 Å². The Labute approximate surface area is 454 Å². The Morgan fingerprint density at radius 2 is 1.37 bits per heavy atom. The van der Waals surface area contributed by atoms with Crippen LogP contribution >= 0.6 is 11.8 Å². The van der Waals surface area contributed by atoms with Gasteiger partial charge in [0.1, 0.15) is 61.0 Å². The van der Waals surface area contributed by atoms with E-state index in [0.29, 0.717) is 56.9 Å². The van der Waals surface area contributed by atoms with Gasteiger partial charge in [0.05, 0.1) is 44.1 Å². The van der Waals surface area contributed by atoms with Crippen LogP contribution in [0.1, 0.15) is 97.8 Å². The molecule has 5 fully saturated rings. The van der Waals surface area contributed by atoms with Crippen LogP contribution in [-0.2, 0) is 61.9 Å². The highest BCUT2D eigenvalue weighted by Gasteiger charge is 2.61. The Morgan fingerprint density at radius 3 is 1.97 bits per heavy atom. The molecule has 15 N–H and O–H groups in total. The van der Waals surface area contributed by atoms with Gasteiger partial charge in [-0.15, -0.1) is 0 Å². The Balaban J connectivity index is 1.07. The summed E-state index contributed by atoms with van der Waals surface area (Å²) in [6.45, 7) is 1.11. The molecule has 5 rings (SSSR count). The largest absolute Gasteiger partial charge is 0.477 e. The molecule has 0 aromatic heterocycles. The number of carbonyl (C=O) groups excluding carboxylic acids is 6. The van der Waals surface area contributed by atoms with Crippen LogP contribution in [-0.4, -0.2) is 248 Å². The van der Waals surface area contributed by atoms with Crippen molar-refractivity contribution < 1.29 is 113 Å². The Hall–Kier alpha value is -4.12. The van der Waals surface area contributed by atoms with E-state index in [1.807, 2.05) is 11.8 Å². The van der Waals surface area contributed by atoms with Gasteiger partial charge >= 0.3 is 18.0 Å². The third-order valence-electron chi connectivity index (χ3n) is 14.0. The van der Waals surface area contributed by atoms with Crippen LogP contribution in [0.15, 0.2) is 0 Å². The fourth-order valence-electron chi connectivity index (χ4n) is 10.1. The number of aliphatic carboxylic acids is 1. The minimum Gasteiger partial charge on any atom is -0.477 e. The summed E-state index contributed by atoms with van der Waals surface area (Å²) in [4.78, 5) is 86.0. The van der Waals surface area contributed by atoms with Crippen molar-refractivity contribution in [2.75, 3.05) is 45.3 Å². The summed E-state index contributed by atoms with van der Waals surface area (Å²) in [6, 6.07) is -2.75. The average molecular weight is 1140 g/mol. The summed E-state index contributed by atoms with van der Waals surface area (Å²) in [5.74, 6) is -6.80. The number of carbonyl (C=O) groups is 7. The quantitative estimate of drug-likeness (QED) is 0.0176. The molecule has 29 nitrogen and oxygen atoms in total. The van der Waals surface area contributed by atoms with Crippen LogP contribution in [0.3, 0.4) is 0 Å². The number of aliphatic hydroxyl groups excluding tert-OH is 8. The molecule has 5 saturated heterocycles. The number of fused-ring (bicyclic) bond motifs is 1. The first-order valence-electron chi connectivity index (χ1n) is 26.5. The number of amides is 6. The number of hydrogen-bond acceptors (Lipinski definition) is 23. The van der Waals surface area contributed by atoms with Gasteiger partial charge in [0, 0.05) is 70.7 Å². The topological polar surface area (TPSA) is 438 Å². The molecular formula is C48H80N6O23S. The van der Waals surface area contributed by atoms with E-state index < -0.39 is 148 Å². The lowest BCUT2D eigenvalue weighted by Gasteiger charge is -2.51. The van der Waals surface area contributed by atoms with E-state index in [9.17, 15) is 79.5 Å². The second-order valence-electron chi connectivity index (χ2n) is 20.1. The van der Waals surface area contributed by atoms with Crippen molar-refractivity contribution in [2.45, 2.75) is 213 Å². The molecule has 0 saturated carbocycles. The van der Waals surface area contributed by atoms with Gasteiger partial charge in [-0.1, -0.05) is 12.8 Å². The molecule has 446 valence electrons. The SMILES string of the molecule is CC(=O)N[C@H]1[C@H](OCCCCCNC(=O)CCCCCNC(=O)CCCC[C@@H]2SC[C@@H]3NC(=O)N[C@@H]32)O[C@H](CO)[C@@H](O[C@@H]2O[C@H](CO)[C@H](O)[C@H](O[C@]3(C(=O)O)C[C@H](O)[C@@H](NC(C)=O)[C@H]([C@H](OC(C)=O)[C@H](O)CO)O3)[C@H]2O)[C@@H]1O. The zero-order chi connectivity index (χ0) is 57.3. The smallest absolute Gasteiger partial charge is 0.364 e. The molecule has 78 heavy (non-hydrogen) atoms. The van der Waals surface area contributed by atoms with Crippen molar-refractivity contribution in [2.24, 2.45) is 0 Å². The van der Waals surface area contributed by atoms with E-state index in [-0.39, 0.29) is 36.5 Å². The van der Waals surface area contributed by atoms with Crippen molar-refractivity contribution >= 4 is 53.4 Å². The number of ether oxygens (including phenoxy) is 7. The molecule has 0 unspecified atom stereocenters. The number of carboxylic acid groups (broad SMARTS) is 1.